The molecule has 0 heterocycles. The van der Waals surface area contributed by atoms with Crippen LogP contribution in [0.3, 0.4) is 0 Å². The standard InChI is InChI=1S/C21H28O6.C19H24O5.C15H16O3/c22-9-11-24-13-15-26-20-5-1-18(2-6-20)17-19-3-7-21(8-4-19)27-16-14-25-12-10-23;20-9-11-22-13-14-24-19-7-3-17(4-8-19)15-16-1-5-18(6-2-16)23-12-10-21;16-9-10-18-15-7-3-13(4-8-15)11-12-1-5-14(17)6-2-12/h1-8,22-23H,9-17H2;1-8,20-21H,9-15H2;1-8,16-17H,9-11H2. The lowest BCUT2D eigenvalue weighted by Crippen LogP contribution is -2.09. The maximum Gasteiger partial charge on any atom is 0.119 e. The second kappa shape index (κ2) is 35.0. The Hall–Kier alpha value is -6.20. The monoisotopic (exact) mass is 952 g/mol. The van der Waals surface area contributed by atoms with Crippen molar-refractivity contribution in [2.45, 2.75) is 19.3 Å². The molecular weight excluding hydrogens is 885 g/mol. The quantitative estimate of drug-likeness (QED) is 0.0270. The Labute approximate surface area is 405 Å². The molecule has 0 fully saturated rings. The highest BCUT2D eigenvalue weighted by Gasteiger charge is 2.03. The van der Waals surface area contributed by atoms with Gasteiger partial charge in [0.2, 0.25) is 0 Å². The van der Waals surface area contributed by atoms with E-state index in [2.05, 4.69) is 0 Å². The minimum absolute atomic E-state index is 0.0176. The smallest absolute Gasteiger partial charge is 0.119 e. The molecule has 0 bridgehead atoms. The van der Waals surface area contributed by atoms with Gasteiger partial charge in [0.25, 0.3) is 0 Å². The molecule has 6 N–H and O–H groups in total. The predicted octanol–water partition coefficient (Wildman–Crippen LogP) is 6.44. The number of hydrogen-bond donors (Lipinski definition) is 6. The molecule has 6 aromatic carbocycles. The van der Waals surface area contributed by atoms with Crippen LogP contribution in [0, 0.1) is 0 Å². The third kappa shape index (κ3) is 24.6. The van der Waals surface area contributed by atoms with Crippen LogP contribution in [0.1, 0.15) is 33.4 Å². The van der Waals surface area contributed by atoms with E-state index in [9.17, 15) is 5.11 Å². The first-order valence-electron chi connectivity index (χ1n) is 23.1. The Kier molecular flexibility index (Phi) is 28.1. The molecule has 0 aliphatic heterocycles. The first-order chi connectivity index (χ1) is 33.9. The number of benzene rings is 6. The summed E-state index contributed by atoms with van der Waals surface area (Å²) in [6.07, 6.45) is 2.49. The fourth-order valence-corrected chi connectivity index (χ4v) is 6.32. The lowest BCUT2D eigenvalue weighted by atomic mass is 10.0. The van der Waals surface area contributed by atoms with Gasteiger partial charge in [-0.1, -0.05) is 72.8 Å². The molecule has 0 aliphatic rings. The molecule has 0 amide bonds. The van der Waals surface area contributed by atoms with Crippen molar-refractivity contribution in [1.82, 2.24) is 0 Å². The van der Waals surface area contributed by atoms with Crippen molar-refractivity contribution in [1.29, 1.82) is 0 Å². The second-order valence-electron chi connectivity index (χ2n) is 15.1. The highest BCUT2D eigenvalue weighted by Crippen LogP contribution is 2.21. The van der Waals surface area contributed by atoms with Gasteiger partial charge >= 0.3 is 0 Å². The van der Waals surface area contributed by atoms with Crippen LogP contribution in [0.15, 0.2) is 146 Å². The zero-order valence-electron chi connectivity index (χ0n) is 39.2. The molecule has 69 heavy (non-hydrogen) atoms. The highest BCUT2D eigenvalue weighted by atomic mass is 16.5. The van der Waals surface area contributed by atoms with Crippen LogP contribution in [-0.4, -0.2) is 136 Å². The molecule has 6 rings (SSSR count). The van der Waals surface area contributed by atoms with Gasteiger partial charge in [-0.05, 0) is 125 Å². The molecule has 0 unspecified atom stereocenters. The SMILES string of the molecule is OCCOCCOc1ccc(Cc2ccc(OCCO)cc2)cc1.OCCOCCOc1ccc(Cc2ccc(OCCOCCO)cc2)cc1.OCCOc1ccc(Cc2ccc(O)cc2)cc1. The van der Waals surface area contributed by atoms with Gasteiger partial charge in [-0.3, -0.25) is 0 Å². The summed E-state index contributed by atoms with van der Waals surface area (Å²) >= 11 is 0. The number of hydrogen-bond acceptors (Lipinski definition) is 14. The maximum atomic E-state index is 9.20. The van der Waals surface area contributed by atoms with Gasteiger partial charge in [-0.25, -0.2) is 0 Å². The van der Waals surface area contributed by atoms with Crippen molar-refractivity contribution >= 4 is 0 Å². The van der Waals surface area contributed by atoms with Crippen LogP contribution in [0.25, 0.3) is 0 Å². The predicted molar refractivity (Wildman–Crippen MR) is 264 cm³/mol. The Balaban J connectivity index is 0.000000230. The summed E-state index contributed by atoms with van der Waals surface area (Å²) in [5, 5.41) is 52.5. The Morgan fingerprint density at radius 1 is 0.232 bits per heavy atom. The van der Waals surface area contributed by atoms with Gasteiger partial charge in [-0.15, -0.1) is 0 Å². The van der Waals surface area contributed by atoms with Crippen LogP contribution in [0.2, 0.25) is 0 Å². The van der Waals surface area contributed by atoms with Crippen molar-refractivity contribution in [3.05, 3.63) is 179 Å². The molecule has 0 atom stereocenters. The van der Waals surface area contributed by atoms with Gasteiger partial charge < -0.3 is 68.5 Å². The number of phenols is 1. The molecule has 0 radical (unpaired) electrons. The first-order valence-corrected chi connectivity index (χ1v) is 23.1. The average Bonchev–Trinajstić information content (AvgIpc) is 3.38. The number of aliphatic hydroxyl groups is 5. The Bertz CT molecular complexity index is 2090. The normalized spacial score (nSPS) is 10.6. The zero-order chi connectivity index (χ0) is 49.0. The van der Waals surface area contributed by atoms with Crippen LogP contribution >= 0.6 is 0 Å². The fourth-order valence-electron chi connectivity index (χ4n) is 6.32. The van der Waals surface area contributed by atoms with E-state index in [4.69, 9.17) is 63.4 Å². The summed E-state index contributed by atoms with van der Waals surface area (Å²) in [6, 6.07) is 46.8. The van der Waals surface area contributed by atoms with Gasteiger partial charge in [0, 0.05) is 0 Å². The number of aromatic hydroxyl groups is 1. The van der Waals surface area contributed by atoms with E-state index in [0.717, 1.165) is 53.6 Å². The van der Waals surface area contributed by atoms with Crippen molar-refractivity contribution < 1.29 is 68.5 Å². The van der Waals surface area contributed by atoms with Crippen molar-refractivity contribution in [2.24, 2.45) is 0 Å². The third-order valence-corrected chi connectivity index (χ3v) is 9.69. The van der Waals surface area contributed by atoms with E-state index in [1.54, 1.807) is 12.1 Å². The number of aliphatic hydroxyl groups excluding tert-OH is 5. The molecule has 372 valence electrons. The zero-order valence-corrected chi connectivity index (χ0v) is 39.2. The molecule has 0 aliphatic carbocycles. The van der Waals surface area contributed by atoms with Crippen molar-refractivity contribution in [3.63, 3.8) is 0 Å². The van der Waals surface area contributed by atoms with E-state index in [1.165, 1.54) is 27.8 Å². The van der Waals surface area contributed by atoms with E-state index in [1.807, 2.05) is 133 Å². The fraction of sp³-hybridized carbons (Fsp3) is 0.345. The lowest BCUT2D eigenvalue weighted by molar-refractivity contribution is 0.0705. The molecule has 14 nitrogen and oxygen atoms in total. The van der Waals surface area contributed by atoms with Gasteiger partial charge in [0.15, 0.2) is 0 Å². The largest absolute Gasteiger partial charge is 0.508 e. The molecule has 14 heteroatoms. The van der Waals surface area contributed by atoms with Crippen LogP contribution < -0.4 is 23.7 Å². The van der Waals surface area contributed by atoms with E-state index in [-0.39, 0.29) is 38.8 Å². The van der Waals surface area contributed by atoms with E-state index >= 15 is 0 Å². The van der Waals surface area contributed by atoms with E-state index < -0.39 is 0 Å². The Morgan fingerprint density at radius 2 is 0.435 bits per heavy atom. The summed E-state index contributed by atoms with van der Waals surface area (Å²) < 4.78 is 42.8. The number of ether oxygens (including phenoxy) is 8. The molecule has 0 spiro atoms. The summed E-state index contributed by atoms with van der Waals surface area (Å²) in [4.78, 5) is 0. The maximum absolute atomic E-state index is 9.20. The first kappa shape index (κ1) is 55.4. The summed E-state index contributed by atoms with van der Waals surface area (Å²) in [5.74, 6) is 4.22. The highest BCUT2D eigenvalue weighted by molar-refractivity contribution is 5.36. The average molecular weight is 953 g/mol. The summed E-state index contributed by atoms with van der Waals surface area (Å²) in [6.45, 7) is 4.56. The summed E-state index contributed by atoms with van der Waals surface area (Å²) in [5.41, 5.74) is 7.11. The minimum atomic E-state index is 0.0176. The topological polar surface area (TPSA) is 195 Å². The van der Waals surface area contributed by atoms with Crippen molar-refractivity contribution in [2.75, 3.05) is 106 Å². The van der Waals surface area contributed by atoms with Crippen LogP contribution in [0.4, 0.5) is 0 Å². The van der Waals surface area contributed by atoms with Gasteiger partial charge in [0.05, 0.1) is 72.7 Å². The number of phenolic OH excluding ortho intramolecular Hbond substituents is 1. The molecule has 6 aromatic rings. The Morgan fingerprint density at radius 3 is 0.652 bits per heavy atom. The van der Waals surface area contributed by atoms with Crippen LogP contribution in [-0.2, 0) is 33.5 Å². The molecule has 0 aromatic heterocycles. The lowest BCUT2D eigenvalue weighted by Gasteiger charge is -2.09. The van der Waals surface area contributed by atoms with E-state index in [0.29, 0.717) is 72.7 Å². The second-order valence-corrected chi connectivity index (χ2v) is 15.1. The molecule has 0 saturated carbocycles. The third-order valence-electron chi connectivity index (χ3n) is 9.69. The molecular formula is C55H68O14. The van der Waals surface area contributed by atoms with Gasteiger partial charge in [-0.2, -0.15) is 0 Å². The number of rotatable bonds is 30. The minimum Gasteiger partial charge on any atom is -0.508 e. The van der Waals surface area contributed by atoms with Crippen molar-refractivity contribution in [3.8, 4) is 34.5 Å². The molecule has 0 saturated heterocycles. The van der Waals surface area contributed by atoms with Crippen LogP contribution in [0.5, 0.6) is 34.5 Å². The summed E-state index contributed by atoms with van der Waals surface area (Å²) in [7, 11) is 0. The van der Waals surface area contributed by atoms with Gasteiger partial charge in [0.1, 0.15) is 67.5 Å².